The molecule has 2 aromatic rings. The summed E-state index contributed by atoms with van der Waals surface area (Å²) < 4.78 is 0. The molecular weight excluding hydrogens is 176 g/mol. The van der Waals surface area contributed by atoms with Crippen LogP contribution in [0.2, 0.25) is 5.15 Å². The normalized spacial score (nSPS) is 10.8. The lowest BCUT2D eigenvalue weighted by Crippen LogP contribution is -1.80. The zero-order valence-corrected chi connectivity index (χ0v) is 6.97. The number of nitrogens with zero attached hydrogens (tertiary/aromatic N) is 1. The van der Waals surface area contributed by atoms with Crippen LogP contribution in [0.15, 0.2) is 18.2 Å². The van der Waals surface area contributed by atoms with Crippen LogP contribution in [0.5, 0.6) is 0 Å². The molecule has 62 valence electrons. The van der Waals surface area contributed by atoms with Gasteiger partial charge in [-0.1, -0.05) is 17.7 Å². The lowest BCUT2D eigenvalue weighted by molar-refractivity contribution is 0.282. The fraction of sp³-hybridized carbons (Fsp3) is 0.125. The smallest absolute Gasteiger partial charge is 0.132 e. The number of rotatable bonds is 1. The van der Waals surface area contributed by atoms with E-state index in [1.54, 1.807) is 0 Å². The fourth-order valence-corrected chi connectivity index (χ4v) is 1.32. The van der Waals surface area contributed by atoms with E-state index in [-0.39, 0.29) is 6.61 Å². The van der Waals surface area contributed by atoms with Crippen molar-refractivity contribution >= 4 is 22.5 Å². The Kier molecular flexibility index (Phi) is 1.75. The van der Waals surface area contributed by atoms with Crippen LogP contribution in [0.25, 0.3) is 10.9 Å². The number of aromatic amines is 1. The van der Waals surface area contributed by atoms with Gasteiger partial charge in [0.05, 0.1) is 12.1 Å². The highest BCUT2D eigenvalue weighted by Crippen LogP contribution is 2.21. The summed E-state index contributed by atoms with van der Waals surface area (Å²) in [5.41, 5.74) is 1.66. The van der Waals surface area contributed by atoms with Crippen LogP contribution in [-0.2, 0) is 6.61 Å². The topological polar surface area (TPSA) is 48.9 Å². The molecule has 0 saturated carbocycles. The summed E-state index contributed by atoms with van der Waals surface area (Å²) >= 11 is 5.80. The van der Waals surface area contributed by atoms with E-state index < -0.39 is 0 Å². The van der Waals surface area contributed by atoms with Crippen molar-refractivity contribution in [2.45, 2.75) is 6.61 Å². The summed E-state index contributed by atoms with van der Waals surface area (Å²) in [6.07, 6.45) is 0. The fourth-order valence-electron chi connectivity index (χ4n) is 1.12. The number of aliphatic hydroxyl groups excluding tert-OH is 1. The molecule has 0 aliphatic rings. The van der Waals surface area contributed by atoms with Crippen molar-refractivity contribution in [2.24, 2.45) is 0 Å². The average Bonchev–Trinajstić information content (AvgIpc) is 2.47. The lowest BCUT2D eigenvalue weighted by atomic mass is 10.2. The molecule has 0 spiro atoms. The van der Waals surface area contributed by atoms with Gasteiger partial charge < -0.3 is 5.11 Å². The van der Waals surface area contributed by atoms with Crippen LogP contribution >= 0.6 is 11.6 Å². The first-order valence-corrected chi connectivity index (χ1v) is 3.92. The first-order valence-electron chi connectivity index (χ1n) is 3.54. The van der Waals surface area contributed by atoms with Gasteiger partial charge in [0, 0.05) is 5.39 Å². The second-order valence-corrected chi connectivity index (χ2v) is 2.93. The molecule has 3 nitrogen and oxygen atoms in total. The first kappa shape index (κ1) is 7.58. The van der Waals surface area contributed by atoms with E-state index in [2.05, 4.69) is 10.2 Å². The minimum Gasteiger partial charge on any atom is -0.392 e. The maximum atomic E-state index is 8.85. The number of aliphatic hydroxyl groups is 1. The summed E-state index contributed by atoms with van der Waals surface area (Å²) in [5, 5.41) is 16.8. The molecule has 1 heterocycles. The molecule has 1 aromatic carbocycles. The van der Waals surface area contributed by atoms with Gasteiger partial charge in [0.2, 0.25) is 0 Å². The molecule has 0 amide bonds. The molecule has 0 atom stereocenters. The van der Waals surface area contributed by atoms with Crippen molar-refractivity contribution in [1.82, 2.24) is 10.2 Å². The zero-order valence-electron chi connectivity index (χ0n) is 6.21. The SMILES string of the molecule is OCc1ccc2n[nH]c(Cl)c2c1. The quantitative estimate of drug-likeness (QED) is 0.706. The summed E-state index contributed by atoms with van der Waals surface area (Å²) in [5.74, 6) is 0. The Morgan fingerprint density at radius 2 is 2.33 bits per heavy atom. The van der Waals surface area contributed by atoms with E-state index in [1.807, 2.05) is 18.2 Å². The highest BCUT2D eigenvalue weighted by molar-refractivity contribution is 6.34. The Balaban J connectivity index is 2.71. The summed E-state index contributed by atoms with van der Waals surface area (Å²) in [4.78, 5) is 0. The highest BCUT2D eigenvalue weighted by atomic mass is 35.5. The lowest BCUT2D eigenvalue weighted by Gasteiger charge is -1.94. The van der Waals surface area contributed by atoms with Gasteiger partial charge in [-0.15, -0.1) is 0 Å². The van der Waals surface area contributed by atoms with E-state index in [0.29, 0.717) is 5.15 Å². The predicted molar refractivity (Wildman–Crippen MR) is 47.0 cm³/mol. The molecule has 2 N–H and O–H groups in total. The molecule has 4 heteroatoms. The molecule has 0 fully saturated rings. The van der Waals surface area contributed by atoms with Crippen molar-refractivity contribution in [2.75, 3.05) is 0 Å². The van der Waals surface area contributed by atoms with Crippen molar-refractivity contribution in [3.05, 3.63) is 28.9 Å². The van der Waals surface area contributed by atoms with Crippen LogP contribution in [0.3, 0.4) is 0 Å². The van der Waals surface area contributed by atoms with Crippen molar-refractivity contribution in [3.63, 3.8) is 0 Å². The molecule has 12 heavy (non-hydrogen) atoms. The van der Waals surface area contributed by atoms with Gasteiger partial charge in [0.15, 0.2) is 0 Å². The maximum absolute atomic E-state index is 8.85. The van der Waals surface area contributed by atoms with Crippen LogP contribution in [0, 0.1) is 0 Å². The number of halogens is 1. The number of hydrogen-bond acceptors (Lipinski definition) is 2. The zero-order chi connectivity index (χ0) is 8.55. The summed E-state index contributed by atoms with van der Waals surface area (Å²) in [6, 6.07) is 5.46. The third-order valence-electron chi connectivity index (χ3n) is 1.75. The molecule has 2 rings (SSSR count). The third-order valence-corrected chi connectivity index (χ3v) is 2.04. The maximum Gasteiger partial charge on any atom is 0.132 e. The molecule has 1 aromatic heterocycles. The van der Waals surface area contributed by atoms with Crippen molar-refractivity contribution in [1.29, 1.82) is 0 Å². The van der Waals surface area contributed by atoms with Gasteiger partial charge in [-0.25, -0.2) is 0 Å². The van der Waals surface area contributed by atoms with E-state index >= 15 is 0 Å². The van der Waals surface area contributed by atoms with Gasteiger partial charge in [-0.2, -0.15) is 5.10 Å². The van der Waals surface area contributed by atoms with Crippen LogP contribution in [-0.4, -0.2) is 15.3 Å². The predicted octanol–water partition coefficient (Wildman–Crippen LogP) is 1.71. The van der Waals surface area contributed by atoms with Gasteiger partial charge in [0.1, 0.15) is 5.15 Å². The second-order valence-electron chi connectivity index (χ2n) is 2.55. The van der Waals surface area contributed by atoms with Crippen molar-refractivity contribution in [3.8, 4) is 0 Å². The largest absolute Gasteiger partial charge is 0.392 e. The van der Waals surface area contributed by atoms with Gasteiger partial charge in [-0.3, -0.25) is 5.10 Å². The molecule has 0 saturated heterocycles. The minimum absolute atomic E-state index is 0.0252. The third kappa shape index (κ3) is 1.07. The number of aromatic nitrogens is 2. The molecule has 0 radical (unpaired) electrons. The Labute approximate surface area is 74.0 Å². The highest BCUT2D eigenvalue weighted by Gasteiger charge is 2.02. The number of hydrogen-bond donors (Lipinski definition) is 2. The summed E-state index contributed by atoms with van der Waals surface area (Å²) in [7, 11) is 0. The Bertz CT molecular complexity index is 410. The Morgan fingerprint density at radius 1 is 1.50 bits per heavy atom. The number of nitrogens with one attached hydrogen (secondary N) is 1. The minimum atomic E-state index is 0.0252. The molecule has 0 aliphatic carbocycles. The standard InChI is InChI=1S/C8H7ClN2O/c9-8-6-3-5(4-12)1-2-7(6)10-11-8/h1-3,12H,4H2,(H,10,11). The molecule has 0 bridgehead atoms. The second kappa shape index (κ2) is 2.77. The average molecular weight is 183 g/mol. The van der Waals surface area contributed by atoms with Gasteiger partial charge in [-0.05, 0) is 17.7 Å². The molecular formula is C8H7ClN2O. The van der Waals surface area contributed by atoms with E-state index in [9.17, 15) is 0 Å². The van der Waals surface area contributed by atoms with E-state index in [4.69, 9.17) is 16.7 Å². The van der Waals surface area contributed by atoms with E-state index in [1.165, 1.54) is 0 Å². The van der Waals surface area contributed by atoms with Crippen LogP contribution in [0.1, 0.15) is 5.56 Å². The van der Waals surface area contributed by atoms with Crippen molar-refractivity contribution < 1.29 is 5.11 Å². The number of benzene rings is 1. The number of H-pyrrole nitrogens is 1. The first-order chi connectivity index (χ1) is 5.81. The Hall–Kier alpha value is -1.06. The molecule has 0 unspecified atom stereocenters. The monoisotopic (exact) mass is 182 g/mol. The Morgan fingerprint density at radius 3 is 3.08 bits per heavy atom. The van der Waals surface area contributed by atoms with Gasteiger partial charge >= 0.3 is 0 Å². The summed E-state index contributed by atoms with van der Waals surface area (Å²) in [6.45, 7) is 0.0252. The van der Waals surface area contributed by atoms with Crippen LogP contribution in [0.4, 0.5) is 0 Å². The molecule has 0 aliphatic heterocycles. The van der Waals surface area contributed by atoms with Gasteiger partial charge in [0.25, 0.3) is 0 Å². The van der Waals surface area contributed by atoms with E-state index in [0.717, 1.165) is 16.5 Å². The number of fused-ring (bicyclic) bond motifs is 1. The van der Waals surface area contributed by atoms with Crippen LogP contribution < -0.4 is 0 Å².